The van der Waals surface area contributed by atoms with Crippen molar-refractivity contribution in [1.29, 1.82) is 0 Å². The molecule has 2 N–H and O–H groups in total. The Kier molecular flexibility index (Phi) is 5.80. The molecule has 0 radical (unpaired) electrons. The van der Waals surface area contributed by atoms with Crippen molar-refractivity contribution < 1.29 is 13.2 Å². The molecule has 5 nitrogen and oxygen atoms in total. The van der Waals surface area contributed by atoms with E-state index in [9.17, 15) is 13.2 Å². The molecule has 0 heterocycles. The van der Waals surface area contributed by atoms with Gasteiger partial charge in [0.2, 0.25) is 0 Å². The van der Waals surface area contributed by atoms with Gasteiger partial charge in [-0.1, -0.05) is 48.0 Å². The topological polar surface area (TPSA) is 75.3 Å². The summed E-state index contributed by atoms with van der Waals surface area (Å²) in [5.41, 5.74) is 3.90. The third-order valence-electron chi connectivity index (χ3n) is 4.35. The zero-order valence-electron chi connectivity index (χ0n) is 15.8. The molecule has 0 atom stereocenters. The molecule has 0 spiro atoms. The van der Waals surface area contributed by atoms with E-state index in [4.69, 9.17) is 0 Å². The predicted molar refractivity (Wildman–Crippen MR) is 111 cm³/mol. The van der Waals surface area contributed by atoms with E-state index < -0.39 is 10.0 Å². The standard InChI is InChI=1S/C22H22N2O3S/c1-16-6-5-8-18(14-16)15-23-22(25)19-10-12-20(13-11-19)28(26,27)24-21-9-4-3-7-17(21)2/h3-14,24H,15H2,1-2H3,(H,23,25). The minimum atomic E-state index is -3.72. The molecule has 0 aromatic heterocycles. The van der Waals surface area contributed by atoms with Gasteiger partial charge in [0.1, 0.15) is 0 Å². The van der Waals surface area contributed by atoms with E-state index in [0.717, 1.165) is 16.7 Å². The van der Waals surface area contributed by atoms with Gasteiger partial charge in [0.15, 0.2) is 0 Å². The molecule has 6 heteroatoms. The molecule has 3 aromatic carbocycles. The predicted octanol–water partition coefficient (Wildman–Crippen LogP) is 4.03. The number of aryl methyl sites for hydroxylation is 2. The second-order valence-corrected chi connectivity index (χ2v) is 8.30. The van der Waals surface area contributed by atoms with E-state index in [-0.39, 0.29) is 10.8 Å². The van der Waals surface area contributed by atoms with Crippen LogP contribution in [0.15, 0.2) is 77.7 Å². The van der Waals surface area contributed by atoms with Crippen LogP contribution in [0.5, 0.6) is 0 Å². The van der Waals surface area contributed by atoms with E-state index in [2.05, 4.69) is 10.0 Å². The van der Waals surface area contributed by atoms with Crippen LogP contribution in [-0.4, -0.2) is 14.3 Å². The number of hydrogen-bond acceptors (Lipinski definition) is 3. The zero-order chi connectivity index (χ0) is 20.1. The summed E-state index contributed by atoms with van der Waals surface area (Å²) in [5.74, 6) is -0.252. The fourth-order valence-electron chi connectivity index (χ4n) is 2.78. The van der Waals surface area contributed by atoms with Crippen molar-refractivity contribution in [1.82, 2.24) is 5.32 Å². The minimum absolute atomic E-state index is 0.103. The first-order chi connectivity index (χ1) is 13.3. The third-order valence-corrected chi connectivity index (χ3v) is 5.73. The van der Waals surface area contributed by atoms with E-state index in [1.165, 1.54) is 24.3 Å². The molecule has 0 aliphatic rings. The summed E-state index contributed by atoms with van der Waals surface area (Å²) in [4.78, 5) is 12.4. The van der Waals surface area contributed by atoms with Crippen LogP contribution in [-0.2, 0) is 16.6 Å². The molecule has 0 aliphatic heterocycles. The number of para-hydroxylation sites is 1. The fourth-order valence-corrected chi connectivity index (χ4v) is 3.91. The van der Waals surface area contributed by atoms with Crippen LogP contribution >= 0.6 is 0 Å². The highest BCUT2D eigenvalue weighted by Crippen LogP contribution is 2.19. The number of carbonyl (C=O) groups is 1. The molecule has 3 aromatic rings. The molecule has 0 saturated carbocycles. The molecule has 0 saturated heterocycles. The Morgan fingerprint density at radius 3 is 2.29 bits per heavy atom. The average molecular weight is 394 g/mol. The van der Waals surface area contributed by atoms with Crippen molar-refractivity contribution in [2.45, 2.75) is 25.3 Å². The zero-order valence-corrected chi connectivity index (χ0v) is 16.6. The molecule has 0 bridgehead atoms. The summed E-state index contributed by atoms with van der Waals surface area (Å²) >= 11 is 0. The fraction of sp³-hybridized carbons (Fsp3) is 0.136. The molecular weight excluding hydrogens is 372 g/mol. The molecule has 28 heavy (non-hydrogen) atoms. The summed E-state index contributed by atoms with van der Waals surface area (Å²) < 4.78 is 27.7. The normalized spacial score (nSPS) is 11.1. The monoisotopic (exact) mass is 394 g/mol. The molecule has 3 rings (SSSR count). The van der Waals surface area contributed by atoms with Gasteiger partial charge >= 0.3 is 0 Å². The van der Waals surface area contributed by atoms with Crippen molar-refractivity contribution in [2.75, 3.05) is 4.72 Å². The van der Waals surface area contributed by atoms with Crippen LogP contribution in [0, 0.1) is 13.8 Å². The van der Waals surface area contributed by atoms with Crippen molar-refractivity contribution in [3.63, 3.8) is 0 Å². The van der Waals surface area contributed by atoms with Crippen LogP contribution in [0.1, 0.15) is 27.0 Å². The molecule has 0 fully saturated rings. The van der Waals surface area contributed by atoms with Gasteiger partial charge in [-0.2, -0.15) is 0 Å². The third kappa shape index (κ3) is 4.78. The van der Waals surface area contributed by atoms with Crippen molar-refractivity contribution in [3.05, 3.63) is 95.1 Å². The van der Waals surface area contributed by atoms with Crippen molar-refractivity contribution >= 4 is 21.6 Å². The van der Waals surface area contributed by atoms with Gasteiger partial charge in [-0.25, -0.2) is 8.42 Å². The summed E-state index contributed by atoms with van der Waals surface area (Å²) in [7, 11) is -3.72. The molecule has 0 unspecified atom stereocenters. The maximum absolute atomic E-state index is 12.6. The lowest BCUT2D eigenvalue weighted by Crippen LogP contribution is -2.23. The number of hydrogen-bond donors (Lipinski definition) is 2. The lowest BCUT2D eigenvalue weighted by atomic mass is 10.1. The molecule has 0 aliphatic carbocycles. The number of amides is 1. The van der Waals surface area contributed by atoms with E-state index in [1.54, 1.807) is 12.1 Å². The lowest BCUT2D eigenvalue weighted by Gasteiger charge is -2.11. The van der Waals surface area contributed by atoms with Crippen molar-refractivity contribution in [3.8, 4) is 0 Å². The van der Waals surface area contributed by atoms with E-state index >= 15 is 0 Å². The van der Waals surface area contributed by atoms with Gasteiger partial charge < -0.3 is 5.32 Å². The Labute approximate surface area is 165 Å². The molecule has 1 amide bonds. The van der Waals surface area contributed by atoms with E-state index in [1.807, 2.05) is 50.2 Å². The largest absolute Gasteiger partial charge is 0.348 e. The maximum atomic E-state index is 12.6. The van der Waals surface area contributed by atoms with Crippen LogP contribution in [0.25, 0.3) is 0 Å². The highest BCUT2D eigenvalue weighted by molar-refractivity contribution is 7.92. The number of anilines is 1. The van der Waals surface area contributed by atoms with Gasteiger partial charge in [-0.15, -0.1) is 0 Å². The Morgan fingerprint density at radius 2 is 1.61 bits per heavy atom. The summed E-state index contributed by atoms with van der Waals surface area (Å²) in [6.45, 7) is 4.24. The van der Waals surface area contributed by atoms with Crippen LogP contribution in [0.4, 0.5) is 5.69 Å². The van der Waals surface area contributed by atoms with Gasteiger partial charge in [0, 0.05) is 12.1 Å². The second-order valence-electron chi connectivity index (χ2n) is 6.62. The number of nitrogens with one attached hydrogen (secondary N) is 2. The first-order valence-corrected chi connectivity index (χ1v) is 10.4. The number of benzene rings is 3. The number of rotatable bonds is 6. The van der Waals surface area contributed by atoms with Crippen LogP contribution < -0.4 is 10.0 Å². The summed E-state index contributed by atoms with van der Waals surface area (Å²) in [5, 5.41) is 2.84. The van der Waals surface area contributed by atoms with Gasteiger partial charge in [-0.3, -0.25) is 9.52 Å². The maximum Gasteiger partial charge on any atom is 0.261 e. The Bertz CT molecular complexity index is 1090. The highest BCUT2D eigenvalue weighted by atomic mass is 32.2. The van der Waals surface area contributed by atoms with Gasteiger partial charge in [-0.05, 0) is 55.3 Å². The highest BCUT2D eigenvalue weighted by Gasteiger charge is 2.16. The quantitative estimate of drug-likeness (QED) is 0.663. The Hall–Kier alpha value is -3.12. The van der Waals surface area contributed by atoms with Crippen LogP contribution in [0.3, 0.4) is 0 Å². The Morgan fingerprint density at radius 1 is 0.893 bits per heavy atom. The second kappa shape index (κ2) is 8.27. The molecular formula is C22H22N2O3S. The minimum Gasteiger partial charge on any atom is -0.348 e. The SMILES string of the molecule is Cc1cccc(CNC(=O)c2ccc(S(=O)(=O)Nc3ccccc3C)cc2)c1. The number of carbonyl (C=O) groups excluding carboxylic acids is 1. The van der Waals surface area contributed by atoms with E-state index in [0.29, 0.717) is 17.8 Å². The summed E-state index contributed by atoms with van der Waals surface area (Å²) in [6.07, 6.45) is 0. The average Bonchev–Trinajstić information content (AvgIpc) is 2.68. The smallest absolute Gasteiger partial charge is 0.261 e. The van der Waals surface area contributed by atoms with Gasteiger partial charge in [0.25, 0.3) is 15.9 Å². The van der Waals surface area contributed by atoms with Crippen molar-refractivity contribution in [2.24, 2.45) is 0 Å². The lowest BCUT2D eigenvalue weighted by molar-refractivity contribution is 0.0951. The van der Waals surface area contributed by atoms with Gasteiger partial charge in [0.05, 0.1) is 10.6 Å². The summed E-state index contributed by atoms with van der Waals surface area (Å²) in [6, 6.07) is 20.9. The Balaban J connectivity index is 1.68. The van der Waals surface area contributed by atoms with Crippen LogP contribution in [0.2, 0.25) is 0 Å². The number of sulfonamides is 1. The molecule has 144 valence electrons. The first kappa shape index (κ1) is 19.6. The first-order valence-electron chi connectivity index (χ1n) is 8.87.